The van der Waals surface area contributed by atoms with Crippen molar-refractivity contribution in [1.82, 2.24) is 4.72 Å². The van der Waals surface area contributed by atoms with Crippen LogP contribution in [0, 0.1) is 5.82 Å². The molecule has 34 heavy (non-hydrogen) atoms. The Bertz CT molecular complexity index is 1200. The van der Waals surface area contributed by atoms with E-state index in [4.69, 9.17) is 23.2 Å². The minimum Gasteiger partial charge on any atom is -0.404 e. The lowest BCUT2D eigenvalue weighted by Crippen LogP contribution is -2.31. The number of amides is 1. The van der Waals surface area contributed by atoms with Crippen molar-refractivity contribution in [3.05, 3.63) is 51.8 Å². The van der Waals surface area contributed by atoms with E-state index in [9.17, 15) is 30.8 Å². The highest BCUT2D eigenvalue weighted by atomic mass is 35.5. The van der Waals surface area contributed by atoms with Crippen molar-refractivity contribution >= 4 is 56.6 Å². The fraction of sp³-hybridized carbons (Fsp3) is 0.350. The van der Waals surface area contributed by atoms with Crippen molar-refractivity contribution in [2.24, 2.45) is 0 Å². The van der Waals surface area contributed by atoms with Crippen LogP contribution in [0.25, 0.3) is 0 Å². The number of rotatable bonds is 7. The Morgan fingerprint density at radius 2 is 1.94 bits per heavy atom. The summed E-state index contributed by atoms with van der Waals surface area (Å²) in [6.45, 7) is 0.647. The lowest BCUT2D eigenvalue weighted by molar-refractivity contribution is -0.274. The Kier molecular flexibility index (Phi) is 8.16. The van der Waals surface area contributed by atoms with Crippen LogP contribution in [0.15, 0.2) is 35.2 Å². The summed E-state index contributed by atoms with van der Waals surface area (Å²) in [7, 11) is -3.87. The summed E-state index contributed by atoms with van der Waals surface area (Å²) in [5, 5.41) is -0.104. The molecule has 0 saturated carbocycles. The third-order valence-electron chi connectivity index (χ3n) is 4.83. The van der Waals surface area contributed by atoms with Crippen LogP contribution >= 0.6 is 35.0 Å². The predicted molar refractivity (Wildman–Crippen MR) is 123 cm³/mol. The number of ether oxygens (including phenoxy) is 1. The molecule has 186 valence electrons. The van der Waals surface area contributed by atoms with E-state index in [1.165, 1.54) is 23.9 Å². The van der Waals surface area contributed by atoms with Crippen LogP contribution in [0.2, 0.25) is 10.0 Å². The Labute approximate surface area is 207 Å². The van der Waals surface area contributed by atoms with Gasteiger partial charge in [-0.15, -0.1) is 24.9 Å². The van der Waals surface area contributed by atoms with Gasteiger partial charge in [-0.3, -0.25) is 4.79 Å². The molecule has 1 aliphatic rings. The number of carbonyl (C=O) groups excluding carboxylic acids is 1. The van der Waals surface area contributed by atoms with E-state index in [-0.39, 0.29) is 16.1 Å². The van der Waals surface area contributed by atoms with Gasteiger partial charge in [0.05, 0.1) is 21.9 Å². The molecule has 0 spiro atoms. The highest BCUT2D eigenvalue weighted by Crippen LogP contribution is 2.37. The first-order chi connectivity index (χ1) is 15.7. The lowest BCUT2D eigenvalue weighted by Gasteiger charge is -2.27. The van der Waals surface area contributed by atoms with E-state index in [1.54, 1.807) is 4.72 Å². The lowest BCUT2D eigenvalue weighted by atomic mass is 10.2. The molecule has 2 aromatic rings. The second-order valence-electron chi connectivity index (χ2n) is 7.43. The third kappa shape index (κ3) is 7.06. The number of nitrogens with one attached hydrogen (secondary N) is 1. The van der Waals surface area contributed by atoms with Crippen LogP contribution in [0.4, 0.5) is 23.2 Å². The zero-order valence-corrected chi connectivity index (χ0v) is 20.6. The highest BCUT2D eigenvalue weighted by Gasteiger charge is 2.32. The van der Waals surface area contributed by atoms with Gasteiger partial charge in [0.25, 0.3) is 5.91 Å². The number of sulfonamides is 1. The van der Waals surface area contributed by atoms with Crippen LogP contribution in [0.1, 0.15) is 23.2 Å². The molecular weight excluding hydrogens is 543 g/mol. The molecule has 0 radical (unpaired) electrons. The molecule has 1 N–H and O–H groups in total. The van der Waals surface area contributed by atoms with Crippen molar-refractivity contribution in [3.8, 4) is 5.75 Å². The van der Waals surface area contributed by atoms with E-state index >= 15 is 0 Å². The van der Waals surface area contributed by atoms with Crippen LogP contribution in [0.3, 0.4) is 0 Å². The van der Waals surface area contributed by atoms with E-state index in [1.807, 2.05) is 4.90 Å². The van der Waals surface area contributed by atoms with E-state index in [2.05, 4.69) is 4.74 Å². The summed E-state index contributed by atoms with van der Waals surface area (Å²) in [5.74, 6) is -2.09. The Hall–Kier alpha value is -1.89. The number of carbonyl (C=O) groups is 1. The summed E-state index contributed by atoms with van der Waals surface area (Å²) in [5.41, 5.74) is 0.116. The molecule has 3 rings (SSSR count). The second kappa shape index (κ2) is 10.4. The highest BCUT2D eigenvalue weighted by molar-refractivity contribution is 7.99. The molecule has 1 heterocycles. The number of thioether (sulfide) groups is 1. The number of hydrogen-bond donors (Lipinski definition) is 1. The summed E-state index contributed by atoms with van der Waals surface area (Å²) in [6, 6.07) is 6.11. The molecule has 2 aromatic carbocycles. The average Bonchev–Trinajstić information content (AvgIpc) is 3.16. The largest absolute Gasteiger partial charge is 0.573 e. The molecule has 1 unspecified atom stereocenters. The van der Waals surface area contributed by atoms with Crippen molar-refractivity contribution in [2.75, 3.05) is 23.5 Å². The van der Waals surface area contributed by atoms with Gasteiger partial charge < -0.3 is 9.64 Å². The first-order valence-corrected chi connectivity index (χ1v) is 13.3. The molecular formula is C20H18Cl2F4N2O4S2. The Morgan fingerprint density at radius 1 is 1.24 bits per heavy atom. The maximum atomic E-state index is 14.5. The summed E-state index contributed by atoms with van der Waals surface area (Å²) in [4.78, 5) is 14.3. The number of halogens is 6. The summed E-state index contributed by atoms with van der Waals surface area (Å²) in [6.07, 6.45) is -2.48. The zero-order chi connectivity index (χ0) is 25.3. The van der Waals surface area contributed by atoms with Gasteiger partial charge in [0, 0.05) is 28.9 Å². The van der Waals surface area contributed by atoms with Gasteiger partial charge in [-0.25, -0.2) is 17.5 Å². The molecule has 14 heteroatoms. The molecule has 0 aliphatic carbocycles. The number of nitrogens with zero attached hydrogens (tertiary/aromatic N) is 1. The van der Waals surface area contributed by atoms with Gasteiger partial charge in [-0.05, 0) is 43.2 Å². The fourth-order valence-electron chi connectivity index (χ4n) is 3.45. The first-order valence-electron chi connectivity index (χ1n) is 9.69. The molecule has 1 saturated heterocycles. The molecule has 1 atom stereocenters. The Balaban J connectivity index is 1.71. The van der Waals surface area contributed by atoms with Gasteiger partial charge in [0.1, 0.15) is 11.6 Å². The van der Waals surface area contributed by atoms with E-state index in [0.29, 0.717) is 22.9 Å². The average molecular weight is 561 g/mol. The SMILES string of the molecule is CS(=O)(=O)NC(=O)c1cc(Cl)c(SCC2CCCN2c2ccc(OC(F)(F)F)c(Cl)c2)cc1F. The second-order valence-corrected chi connectivity index (χ2v) is 11.1. The molecule has 0 aromatic heterocycles. The van der Waals surface area contributed by atoms with Crippen molar-refractivity contribution in [3.63, 3.8) is 0 Å². The summed E-state index contributed by atoms with van der Waals surface area (Å²) >= 11 is 13.4. The molecule has 1 aliphatic heterocycles. The van der Waals surface area contributed by atoms with Crippen molar-refractivity contribution < 1.29 is 35.5 Å². The van der Waals surface area contributed by atoms with Crippen molar-refractivity contribution in [2.45, 2.75) is 30.1 Å². The molecule has 1 fully saturated rings. The van der Waals surface area contributed by atoms with Crippen LogP contribution < -0.4 is 14.4 Å². The van der Waals surface area contributed by atoms with Gasteiger partial charge in [0.15, 0.2) is 0 Å². The quantitative estimate of drug-likeness (QED) is 0.357. The number of hydrogen-bond acceptors (Lipinski definition) is 6. The van der Waals surface area contributed by atoms with Gasteiger partial charge >= 0.3 is 6.36 Å². The van der Waals surface area contributed by atoms with Crippen LogP contribution in [-0.2, 0) is 10.0 Å². The van der Waals surface area contributed by atoms with Gasteiger partial charge in [-0.1, -0.05) is 23.2 Å². The first kappa shape index (κ1) is 26.7. The number of benzene rings is 2. The summed E-state index contributed by atoms with van der Waals surface area (Å²) < 4.78 is 79.9. The van der Waals surface area contributed by atoms with Gasteiger partial charge in [-0.2, -0.15) is 0 Å². The predicted octanol–water partition coefficient (Wildman–Crippen LogP) is 5.48. The van der Waals surface area contributed by atoms with E-state index in [0.717, 1.165) is 37.3 Å². The monoisotopic (exact) mass is 560 g/mol. The molecule has 0 bridgehead atoms. The van der Waals surface area contributed by atoms with Crippen LogP contribution in [0.5, 0.6) is 5.75 Å². The van der Waals surface area contributed by atoms with Crippen molar-refractivity contribution in [1.29, 1.82) is 0 Å². The zero-order valence-electron chi connectivity index (χ0n) is 17.5. The van der Waals surface area contributed by atoms with Crippen LogP contribution in [-0.4, -0.2) is 45.3 Å². The number of alkyl halides is 3. The van der Waals surface area contributed by atoms with Gasteiger partial charge in [0.2, 0.25) is 10.0 Å². The normalized spacial score (nSPS) is 16.6. The third-order valence-corrected chi connectivity index (χ3v) is 7.30. The topological polar surface area (TPSA) is 75.7 Å². The van der Waals surface area contributed by atoms with E-state index < -0.39 is 39.4 Å². The fourth-order valence-corrected chi connectivity index (χ4v) is 5.54. The maximum absolute atomic E-state index is 14.5. The minimum absolute atomic E-state index is 0.0391. The maximum Gasteiger partial charge on any atom is 0.573 e. The standard InChI is InChI=1S/C20H18Cl2F4N2O4S2/c1-34(30,31)27-19(29)13-8-15(22)18(9-16(13)23)33-10-12-3-2-6-28(12)11-4-5-17(14(21)7-11)32-20(24,25)26/h4-5,7-9,12H,2-3,6,10H2,1H3,(H,27,29). The minimum atomic E-state index is -4.85. The Morgan fingerprint density at radius 3 is 2.56 bits per heavy atom. The molecule has 6 nitrogen and oxygen atoms in total. The molecule has 1 amide bonds. The smallest absolute Gasteiger partial charge is 0.404 e. The number of anilines is 1.